The molecule has 0 aromatic heterocycles. The molecule has 2 rings (SSSR count). The van der Waals surface area contributed by atoms with Crippen LogP contribution in [0.15, 0.2) is 42.7 Å². The fourth-order valence-electron chi connectivity index (χ4n) is 3.81. The first kappa shape index (κ1) is 25.5. The number of nitrogens with one attached hydrogen (secondary N) is 2. The number of hydrogen-bond donors (Lipinski definition) is 2. The predicted molar refractivity (Wildman–Crippen MR) is 124 cm³/mol. The molecule has 1 aliphatic heterocycles. The predicted octanol–water partition coefficient (Wildman–Crippen LogP) is 2.27. The van der Waals surface area contributed by atoms with Crippen molar-refractivity contribution in [1.29, 1.82) is 0 Å². The van der Waals surface area contributed by atoms with E-state index >= 15 is 0 Å². The molecule has 2 N–H and O–H groups in total. The summed E-state index contributed by atoms with van der Waals surface area (Å²) in [6.07, 6.45) is 8.15. The number of aldehydes is 1. The molecule has 0 saturated carbocycles. The topological polar surface area (TPSA) is 91.0 Å². The maximum atomic E-state index is 12.8. The number of benzene rings is 1. The first-order valence-corrected chi connectivity index (χ1v) is 11.3. The lowest BCUT2D eigenvalue weighted by atomic mass is 10.0. The number of para-hydroxylation sites is 1. The molecule has 0 aliphatic carbocycles. The number of hydrogen-bond acceptors (Lipinski definition) is 6. The Bertz CT molecular complexity index is 752. The van der Waals surface area contributed by atoms with Crippen LogP contribution in [-0.4, -0.2) is 66.9 Å². The second-order valence-electron chi connectivity index (χ2n) is 7.96. The zero-order valence-electron chi connectivity index (χ0n) is 19.3. The van der Waals surface area contributed by atoms with E-state index in [1.807, 2.05) is 55.4 Å². The lowest BCUT2D eigenvalue weighted by Gasteiger charge is -2.42. The summed E-state index contributed by atoms with van der Waals surface area (Å²) in [5, 5.41) is 9.38. The Hall–Kier alpha value is -2.71. The molecule has 176 valence electrons. The second kappa shape index (κ2) is 13.6. The molecule has 0 spiro atoms. The summed E-state index contributed by atoms with van der Waals surface area (Å²) in [6.45, 7) is 2.55. The van der Waals surface area contributed by atoms with Gasteiger partial charge in [0, 0.05) is 26.1 Å². The zero-order chi connectivity index (χ0) is 23.3. The lowest BCUT2D eigenvalue weighted by molar-refractivity contribution is -0.156. The number of carbonyl (C=O) groups is 3. The molecule has 32 heavy (non-hydrogen) atoms. The number of nitrogens with zero attached hydrogens (tertiary/aromatic N) is 2. The van der Waals surface area contributed by atoms with Crippen LogP contribution in [0.4, 0.5) is 0 Å². The molecule has 2 amide bonds. The van der Waals surface area contributed by atoms with E-state index in [1.165, 1.54) is 0 Å². The van der Waals surface area contributed by atoms with E-state index in [9.17, 15) is 14.4 Å². The Morgan fingerprint density at radius 1 is 1.28 bits per heavy atom. The van der Waals surface area contributed by atoms with Crippen LogP contribution < -0.4 is 15.4 Å². The summed E-state index contributed by atoms with van der Waals surface area (Å²) >= 11 is 0. The van der Waals surface area contributed by atoms with Gasteiger partial charge >= 0.3 is 0 Å². The highest BCUT2D eigenvalue weighted by Gasteiger charge is 2.29. The van der Waals surface area contributed by atoms with E-state index < -0.39 is 6.04 Å². The van der Waals surface area contributed by atoms with Gasteiger partial charge in [-0.1, -0.05) is 25.1 Å². The van der Waals surface area contributed by atoms with E-state index in [1.54, 1.807) is 18.3 Å². The summed E-state index contributed by atoms with van der Waals surface area (Å²) in [4.78, 5) is 36.4. The number of likely N-dealkylation sites (N-methyl/N-ethyl adjacent to an activating group) is 1. The van der Waals surface area contributed by atoms with Gasteiger partial charge < -0.3 is 20.2 Å². The molecule has 8 nitrogen and oxygen atoms in total. The van der Waals surface area contributed by atoms with Crippen molar-refractivity contribution in [3.05, 3.63) is 42.7 Å². The van der Waals surface area contributed by atoms with Crippen molar-refractivity contribution in [2.75, 3.05) is 20.6 Å². The van der Waals surface area contributed by atoms with Crippen LogP contribution in [0.3, 0.4) is 0 Å². The van der Waals surface area contributed by atoms with Crippen molar-refractivity contribution in [3.63, 3.8) is 0 Å². The standard InChI is InChI=1S/C24H36N4O4/c1-4-22(25-2)24(31)26-19(18-29)14-15-23(30)28-16-8-10-20(27(28)3)11-9-17-32-21-12-6-5-7-13-21/h5-7,9,12-13,17-20,22,25H,4,8,10-11,14-16H2,1-3H3,(H,26,31)/b17-9+/t19-,20-,22?/m0/s1. The van der Waals surface area contributed by atoms with Crippen molar-refractivity contribution in [2.45, 2.75) is 63.6 Å². The number of ether oxygens (including phenoxy) is 1. The largest absolute Gasteiger partial charge is 0.465 e. The maximum Gasteiger partial charge on any atom is 0.237 e. The van der Waals surface area contributed by atoms with Gasteiger partial charge in [-0.25, -0.2) is 5.01 Å². The summed E-state index contributed by atoms with van der Waals surface area (Å²) in [5.74, 6) is 0.525. The average Bonchev–Trinajstić information content (AvgIpc) is 2.81. The van der Waals surface area contributed by atoms with Gasteiger partial charge in [0.15, 0.2) is 0 Å². The van der Waals surface area contributed by atoms with Crippen molar-refractivity contribution >= 4 is 18.1 Å². The van der Waals surface area contributed by atoms with Gasteiger partial charge in [-0.3, -0.25) is 14.6 Å². The molecule has 1 aromatic carbocycles. The molecule has 1 unspecified atom stereocenters. The van der Waals surface area contributed by atoms with Gasteiger partial charge in [-0.2, -0.15) is 0 Å². The minimum Gasteiger partial charge on any atom is -0.465 e. The highest BCUT2D eigenvalue weighted by Crippen LogP contribution is 2.21. The summed E-state index contributed by atoms with van der Waals surface area (Å²) in [5.41, 5.74) is 0. The van der Waals surface area contributed by atoms with Crippen LogP contribution in [0.1, 0.15) is 45.4 Å². The first-order chi connectivity index (χ1) is 15.5. The number of amides is 2. The van der Waals surface area contributed by atoms with E-state index in [4.69, 9.17) is 4.74 Å². The van der Waals surface area contributed by atoms with Crippen LogP contribution in [0.2, 0.25) is 0 Å². The van der Waals surface area contributed by atoms with Crippen LogP contribution in [0.5, 0.6) is 5.75 Å². The molecule has 0 radical (unpaired) electrons. The van der Waals surface area contributed by atoms with Crippen LogP contribution in [0.25, 0.3) is 0 Å². The molecule has 0 bridgehead atoms. The SMILES string of the molecule is CCC(NC)C(=O)N[C@H](C=O)CCC(=O)N1CCC[C@@H](C/C=C/Oc2ccccc2)N1C. The normalized spacial score (nSPS) is 18.8. The average molecular weight is 445 g/mol. The van der Waals surface area contributed by atoms with Crippen molar-refractivity contribution in [3.8, 4) is 5.75 Å². The summed E-state index contributed by atoms with van der Waals surface area (Å²) in [7, 11) is 3.63. The van der Waals surface area contributed by atoms with Gasteiger partial charge in [0.1, 0.15) is 12.0 Å². The van der Waals surface area contributed by atoms with Gasteiger partial charge in [0.2, 0.25) is 11.8 Å². The van der Waals surface area contributed by atoms with Gasteiger partial charge in [0.05, 0.1) is 18.3 Å². The van der Waals surface area contributed by atoms with Crippen LogP contribution >= 0.6 is 0 Å². The first-order valence-electron chi connectivity index (χ1n) is 11.3. The molecule has 1 fully saturated rings. The molecule has 1 aromatic rings. The minimum atomic E-state index is -0.669. The minimum absolute atomic E-state index is 0.0385. The Morgan fingerprint density at radius 2 is 2.03 bits per heavy atom. The van der Waals surface area contributed by atoms with E-state index in [-0.39, 0.29) is 36.7 Å². The number of carbonyl (C=O) groups excluding carboxylic acids is 3. The molecule has 1 saturated heterocycles. The second-order valence-corrected chi connectivity index (χ2v) is 7.96. The molecule has 8 heteroatoms. The van der Waals surface area contributed by atoms with Crippen LogP contribution in [-0.2, 0) is 14.4 Å². The van der Waals surface area contributed by atoms with E-state index in [0.717, 1.165) is 25.0 Å². The van der Waals surface area contributed by atoms with E-state index in [0.29, 0.717) is 19.3 Å². The van der Waals surface area contributed by atoms with Crippen molar-refractivity contribution in [1.82, 2.24) is 20.7 Å². The van der Waals surface area contributed by atoms with Crippen molar-refractivity contribution in [2.24, 2.45) is 0 Å². The number of rotatable bonds is 12. The molecular formula is C24H36N4O4. The smallest absolute Gasteiger partial charge is 0.237 e. The Morgan fingerprint density at radius 3 is 2.69 bits per heavy atom. The molecule has 1 aliphatic rings. The third kappa shape index (κ3) is 7.76. The monoisotopic (exact) mass is 444 g/mol. The summed E-state index contributed by atoms with van der Waals surface area (Å²) in [6, 6.07) is 8.76. The summed E-state index contributed by atoms with van der Waals surface area (Å²) < 4.78 is 5.60. The van der Waals surface area contributed by atoms with Crippen LogP contribution in [0, 0.1) is 0 Å². The van der Waals surface area contributed by atoms with Crippen molar-refractivity contribution < 1.29 is 19.1 Å². The Labute approximate surface area is 190 Å². The van der Waals surface area contributed by atoms with Gasteiger partial charge in [-0.05, 0) is 57.4 Å². The third-order valence-corrected chi connectivity index (χ3v) is 5.79. The molecule has 1 heterocycles. The molecule has 3 atom stereocenters. The third-order valence-electron chi connectivity index (χ3n) is 5.79. The maximum absolute atomic E-state index is 12.8. The quantitative estimate of drug-likeness (QED) is 0.380. The van der Waals surface area contributed by atoms with E-state index in [2.05, 4.69) is 10.6 Å². The highest BCUT2D eigenvalue weighted by molar-refractivity contribution is 5.84. The zero-order valence-corrected chi connectivity index (χ0v) is 19.3. The Kier molecular flexibility index (Phi) is 10.9. The highest BCUT2D eigenvalue weighted by atomic mass is 16.5. The van der Waals surface area contributed by atoms with Gasteiger partial charge in [-0.15, -0.1) is 0 Å². The molecular weight excluding hydrogens is 408 g/mol. The van der Waals surface area contributed by atoms with Gasteiger partial charge in [0.25, 0.3) is 0 Å². The fourth-order valence-corrected chi connectivity index (χ4v) is 3.81. The number of hydrazine groups is 1. The fraction of sp³-hybridized carbons (Fsp3) is 0.542. The Balaban J connectivity index is 1.81. The lowest BCUT2D eigenvalue weighted by Crippen LogP contribution is -2.53.